The molecule has 0 unspecified atom stereocenters. The Morgan fingerprint density at radius 3 is 2.71 bits per heavy atom. The minimum absolute atomic E-state index is 0.0944. The van der Waals surface area contributed by atoms with Crippen molar-refractivity contribution in [1.29, 1.82) is 0 Å². The van der Waals surface area contributed by atoms with E-state index < -0.39 is 0 Å². The number of likely N-dealkylation sites (tertiary alicyclic amines) is 1. The van der Waals surface area contributed by atoms with Gasteiger partial charge in [0.05, 0.1) is 25.3 Å². The molecule has 24 heavy (non-hydrogen) atoms. The lowest BCUT2D eigenvalue weighted by Gasteiger charge is -2.42. The predicted octanol–water partition coefficient (Wildman–Crippen LogP) is 3.84. The molecule has 0 spiro atoms. The largest absolute Gasteiger partial charge is 0.468 e. The van der Waals surface area contributed by atoms with Crippen LogP contribution in [-0.4, -0.2) is 30.1 Å². The second-order valence-corrected chi connectivity index (χ2v) is 6.37. The molecule has 4 nitrogen and oxygen atoms in total. The van der Waals surface area contributed by atoms with Crippen molar-refractivity contribution >= 4 is 5.97 Å². The first-order valence-corrected chi connectivity index (χ1v) is 8.68. The van der Waals surface area contributed by atoms with E-state index in [2.05, 4.69) is 24.0 Å². The topological polar surface area (TPSA) is 42.7 Å². The fourth-order valence-electron chi connectivity index (χ4n) is 3.75. The number of esters is 1. The normalized spacial score (nSPS) is 24.7. The third-order valence-corrected chi connectivity index (χ3v) is 4.98. The Balaban J connectivity index is 1.83. The van der Waals surface area contributed by atoms with E-state index in [1.807, 2.05) is 37.3 Å². The van der Waals surface area contributed by atoms with Gasteiger partial charge in [0, 0.05) is 6.04 Å². The van der Waals surface area contributed by atoms with Crippen molar-refractivity contribution in [1.82, 2.24) is 4.90 Å². The van der Waals surface area contributed by atoms with Gasteiger partial charge in [-0.2, -0.15) is 0 Å². The van der Waals surface area contributed by atoms with E-state index in [4.69, 9.17) is 9.15 Å². The summed E-state index contributed by atoms with van der Waals surface area (Å²) in [7, 11) is 0. The zero-order chi connectivity index (χ0) is 16.9. The zero-order valence-electron chi connectivity index (χ0n) is 14.4. The molecule has 128 valence electrons. The molecule has 4 heteroatoms. The molecule has 1 aliphatic rings. The van der Waals surface area contributed by atoms with Crippen molar-refractivity contribution in [2.75, 3.05) is 13.2 Å². The number of furan rings is 1. The van der Waals surface area contributed by atoms with Crippen LogP contribution in [0, 0.1) is 5.92 Å². The number of ether oxygens (including phenoxy) is 1. The minimum atomic E-state index is -0.156. The summed E-state index contributed by atoms with van der Waals surface area (Å²) in [6.45, 7) is 6.08. The fraction of sp³-hybridized carbons (Fsp3) is 0.450. The number of carbonyl (C=O) groups is 1. The number of carbonyl (C=O) groups excluding carboxylic acids is 1. The van der Waals surface area contributed by atoms with Gasteiger partial charge in [-0.3, -0.25) is 9.69 Å². The summed E-state index contributed by atoms with van der Waals surface area (Å²) in [4.78, 5) is 15.0. The van der Waals surface area contributed by atoms with Gasteiger partial charge in [-0.1, -0.05) is 30.3 Å². The molecular formula is C20H25NO3. The molecule has 0 radical (unpaired) electrons. The minimum Gasteiger partial charge on any atom is -0.468 e. The van der Waals surface area contributed by atoms with E-state index in [9.17, 15) is 4.79 Å². The SMILES string of the molecule is CCOC(=O)[C@H]1[C@@H](C)N(Cc2ccco2)CC[C@H]1c1ccccc1. The predicted molar refractivity (Wildman–Crippen MR) is 92.5 cm³/mol. The molecule has 1 fully saturated rings. The van der Waals surface area contributed by atoms with Crippen LogP contribution in [0.15, 0.2) is 53.1 Å². The van der Waals surface area contributed by atoms with Crippen LogP contribution in [-0.2, 0) is 16.1 Å². The summed E-state index contributed by atoms with van der Waals surface area (Å²) in [6, 6.07) is 14.3. The van der Waals surface area contributed by atoms with Crippen LogP contribution >= 0.6 is 0 Å². The molecule has 0 bridgehead atoms. The van der Waals surface area contributed by atoms with E-state index in [0.29, 0.717) is 6.61 Å². The Labute approximate surface area is 143 Å². The Kier molecular flexibility index (Phi) is 5.36. The second-order valence-electron chi connectivity index (χ2n) is 6.37. The van der Waals surface area contributed by atoms with Gasteiger partial charge in [-0.05, 0) is 50.4 Å². The molecule has 0 N–H and O–H groups in total. The van der Waals surface area contributed by atoms with Crippen LogP contribution in [0.2, 0.25) is 0 Å². The van der Waals surface area contributed by atoms with Crippen molar-refractivity contribution in [2.45, 2.75) is 38.8 Å². The molecule has 0 aliphatic carbocycles. The summed E-state index contributed by atoms with van der Waals surface area (Å²) < 4.78 is 10.9. The molecule has 0 amide bonds. The molecule has 1 aliphatic heterocycles. The van der Waals surface area contributed by atoms with E-state index >= 15 is 0 Å². The highest BCUT2D eigenvalue weighted by atomic mass is 16.5. The van der Waals surface area contributed by atoms with Gasteiger partial charge in [0.2, 0.25) is 0 Å². The van der Waals surface area contributed by atoms with Gasteiger partial charge in [0.15, 0.2) is 0 Å². The van der Waals surface area contributed by atoms with Crippen LogP contribution in [0.25, 0.3) is 0 Å². The number of hydrogen-bond acceptors (Lipinski definition) is 4. The third kappa shape index (κ3) is 3.54. The standard InChI is InChI=1S/C20H25NO3/c1-3-23-20(22)19-15(2)21(14-17-10-7-13-24-17)12-11-18(19)16-8-5-4-6-9-16/h4-10,13,15,18-19H,3,11-12,14H2,1-2H3/t15-,18+,19+/m1/s1. The number of rotatable bonds is 5. The lowest BCUT2D eigenvalue weighted by molar-refractivity contribution is -0.153. The Hall–Kier alpha value is -2.07. The monoisotopic (exact) mass is 327 g/mol. The maximum absolute atomic E-state index is 12.7. The lowest BCUT2D eigenvalue weighted by Crippen LogP contribution is -2.49. The van der Waals surface area contributed by atoms with Crippen LogP contribution in [0.5, 0.6) is 0 Å². The molecule has 3 atom stereocenters. The highest BCUT2D eigenvalue weighted by Crippen LogP contribution is 2.38. The molecule has 1 saturated heterocycles. The van der Waals surface area contributed by atoms with Gasteiger partial charge < -0.3 is 9.15 Å². The van der Waals surface area contributed by atoms with Crippen molar-refractivity contribution in [3.05, 3.63) is 60.1 Å². The second kappa shape index (κ2) is 7.67. The summed E-state index contributed by atoms with van der Waals surface area (Å²) in [6.07, 6.45) is 2.64. The highest BCUT2D eigenvalue weighted by Gasteiger charge is 2.41. The van der Waals surface area contributed by atoms with Crippen LogP contribution in [0.1, 0.15) is 37.5 Å². The summed E-state index contributed by atoms with van der Waals surface area (Å²) in [5.41, 5.74) is 1.22. The molecule has 2 heterocycles. The first-order chi connectivity index (χ1) is 11.7. The van der Waals surface area contributed by atoms with E-state index in [1.54, 1.807) is 6.26 Å². The summed E-state index contributed by atoms with van der Waals surface area (Å²) in [5.74, 6) is 0.884. The molecule has 3 rings (SSSR count). The van der Waals surface area contributed by atoms with Crippen LogP contribution in [0.3, 0.4) is 0 Å². The molecular weight excluding hydrogens is 302 g/mol. The molecule has 1 aromatic heterocycles. The van der Waals surface area contributed by atoms with E-state index in [0.717, 1.165) is 25.3 Å². The first kappa shape index (κ1) is 16.8. The van der Waals surface area contributed by atoms with E-state index in [1.165, 1.54) is 5.56 Å². The smallest absolute Gasteiger partial charge is 0.311 e. The fourth-order valence-corrected chi connectivity index (χ4v) is 3.75. The average molecular weight is 327 g/mol. The van der Waals surface area contributed by atoms with Gasteiger partial charge in [0.25, 0.3) is 0 Å². The molecule has 1 aromatic carbocycles. The van der Waals surface area contributed by atoms with Crippen molar-refractivity contribution in [3.63, 3.8) is 0 Å². The first-order valence-electron chi connectivity index (χ1n) is 8.68. The Morgan fingerprint density at radius 2 is 2.04 bits per heavy atom. The van der Waals surface area contributed by atoms with Crippen LogP contribution in [0.4, 0.5) is 0 Å². The Morgan fingerprint density at radius 1 is 1.25 bits per heavy atom. The average Bonchev–Trinajstić information content (AvgIpc) is 3.10. The lowest BCUT2D eigenvalue weighted by atomic mass is 9.76. The Bertz CT molecular complexity index is 638. The number of hydrogen-bond donors (Lipinski definition) is 0. The maximum Gasteiger partial charge on any atom is 0.311 e. The van der Waals surface area contributed by atoms with Crippen molar-refractivity contribution in [2.24, 2.45) is 5.92 Å². The van der Waals surface area contributed by atoms with Gasteiger partial charge >= 0.3 is 5.97 Å². The number of nitrogens with zero attached hydrogens (tertiary/aromatic N) is 1. The van der Waals surface area contributed by atoms with Gasteiger partial charge in [-0.15, -0.1) is 0 Å². The highest BCUT2D eigenvalue weighted by molar-refractivity contribution is 5.75. The summed E-state index contributed by atoms with van der Waals surface area (Å²) >= 11 is 0. The van der Waals surface area contributed by atoms with Crippen molar-refractivity contribution < 1.29 is 13.9 Å². The molecule has 0 saturated carbocycles. The molecule has 2 aromatic rings. The van der Waals surface area contributed by atoms with E-state index in [-0.39, 0.29) is 23.8 Å². The number of piperidine rings is 1. The quantitative estimate of drug-likeness (QED) is 0.783. The van der Waals surface area contributed by atoms with Crippen molar-refractivity contribution in [3.8, 4) is 0 Å². The van der Waals surface area contributed by atoms with Gasteiger partial charge in [-0.25, -0.2) is 0 Å². The third-order valence-electron chi connectivity index (χ3n) is 4.98. The maximum atomic E-state index is 12.7. The van der Waals surface area contributed by atoms with Crippen LogP contribution < -0.4 is 0 Å². The number of benzene rings is 1. The zero-order valence-corrected chi connectivity index (χ0v) is 14.4. The van der Waals surface area contributed by atoms with Gasteiger partial charge in [0.1, 0.15) is 5.76 Å². The summed E-state index contributed by atoms with van der Waals surface area (Å²) in [5, 5.41) is 0.